The Balaban J connectivity index is 0.000000266. The van der Waals surface area contributed by atoms with Gasteiger partial charge in [-0.25, -0.2) is 16.8 Å². The fourth-order valence-corrected chi connectivity index (χ4v) is 15.0. The molecule has 0 bridgehead atoms. The summed E-state index contributed by atoms with van der Waals surface area (Å²) in [5.41, 5.74) is -0.171. The van der Waals surface area contributed by atoms with Crippen LogP contribution < -0.4 is 32.5 Å². The van der Waals surface area contributed by atoms with Crippen LogP contribution in [0, 0.1) is 20.8 Å². The minimum atomic E-state index is -6.72. The van der Waals surface area contributed by atoms with Crippen molar-refractivity contribution >= 4 is 70.8 Å². The van der Waals surface area contributed by atoms with Crippen molar-refractivity contribution in [3.05, 3.63) is 130 Å². The third kappa shape index (κ3) is 5.95. The van der Waals surface area contributed by atoms with E-state index in [4.69, 9.17) is 5.64 Å². The molecule has 0 fully saturated rings. The molecule has 0 amide bonds. The molecule has 0 spiro atoms. The van der Waals surface area contributed by atoms with Gasteiger partial charge in [0.05, 0.1) is 15.9 Å². The Kier molecular flexibility index (Phi) is 9.35. The summed E-state index contributed by atoms with van der Waals surface area (Å²) >= 11 is 0. The maximum atomic E-state index is 11.4. The Labute approximate surface area is 280 Å². The van der Waals surface area contributed by atoms with Crippen molar-refractivity contribution < 1.29 is 48.8 Å². The molecule has 0 aromatic heterocycles. The molecule has 1 heterocycles. The van der Waals surface area contributed by atoms with E-state index in [-0.39, 0.29) is 0 Å². The monoisotopic (exact) mass is 738 g/mol. The average Bonchev–Trinajstić information content (AvgIpc) is 3.23. The predicted molar refractivity (Wildman–Crippen MR) is 185 cm³/mol. The maximum Gasteiger partial charge on any atom is 0.480 e. The Bertz CT molecular complexity index is 2160. The highest BCUT2D eigenvalue weighted by Gasteiger charge is 2.68. The predicted octanol–water partition coefficient (Wildman–Crippen LogP) is 4.93. The highest BCUT2D eigenvalue weighted by Crippen LogP contribution is 2.64. The van der Waals surface area contributed by atoms with Crippen molar-refractivity contribution in [1.29, 1.82) is 0 Å². The van der Waals surface area contributed by atoms with E-state index in [1.54, 1.807) is 0 Å². The van der Waals surface area contributed by atoms with Crippen molar-refractivity contribution in [2.75, 3.05) is 0 Å². The van der Waals surface area contributed by atoms with Crippen molar-refractivity contribution in [3.8, 4) is 0 Å². The number of benzene rings is 5. The minimum absolute atomic E-state index is 0.778. The molecular formula is C33H30BF6N2O4PS2. The summed E-state index contributed by atoms with van der Waals surface area (Å²) in [6.07, 6.45) is 0. The zero-order chi connectivity index (χ0) is 36.2. The molecule has 1 aliphatic heterocycles. The average molecular weight is 739 g/mol. The Morgan fingerprint density at radius 3 is 1.49 bits per heavy atom. The second-order valence-corrected chi connectivity index (χ2v) is 19.1. The number of alkyl halides is 6. The standard InChI is InChI=1S/C31H30BNP.C2F6NO4S2/c1-22-20-23(2)31(24(3)21-22)32(33)28-18-10-12-25-13-11-19-29(30(25)28)34(32,26-14-6-4-7-15-26)27-16-8-5-9-17-27;3-1(4,5)14(10,11)9-15(12,13)2(6,7)8/h4-21H,1-3,33H3;/q+1;-1/t32-;/m1./s1. The lowest BCUT2D eigenvalue weighted by Gasteiger charge is -2.41. The van der Waals surface area contributed by atoms with Crippen LogP contribution in [0.25, 0.3) is 14.9 Å². The van der Waals surface area contributed by atoms with E-state index in [1.165, 1.54) is 54.3 Å². The van der Waals surface area contributed by atoms with Crippen molar-refractivity contribution in [2.24, 2.45) is 0 Å². The quantitative estimate of drug-likeness (QED) is 0.157. The molecule has 6 nitrogen and oxygen atoms in total. The molecule has 49 heavy (non-hydrogen) atoms. The first kappa shape index (κ1) is 36.5. The summed E-state index contributed by atoms with van der Waals surface area (Å²) in [6.45, 7) is 6.78. The van der Waals surface area contributed by atoms with Crippen LogP contribution in [0.15, 0.2) is 109 Å². The van der Waals surface area contributed by atoms with Crippen LogP contribution in [-0.4, -0.2) is 33.9 Å². The summed E-state index contributed by atoms with van der Waals surface area (Å²) in [5, 5.41) is 7.05. The topological polar surface area (TPSA) is 110 Å². The molecule has 1 aliphatic rings. The van der Waals surface area contributed by atoms with Gasteiger partial charge < -0.3 is 9.77 Å². The number of rotatable bonds is 5. The van der Waals surface area contributed by atoms with E-state index in [1.807, 2.05) is 0 Å². The van der Waals surface area contributed by atoms with Gasteiger partial charge in [0.2, 0.25) is 0 Å². The van der Waals surface area contributed by atoms with Gasteiger partial charge in [-0.1, -0.05) is 106 Å². The summed E-state index contributed by atoms with van der Waals surface area (Å²) in [7, 11) is -15.6. The van der Waals surface area contributed by atoms with Crippen LogP contribution >= 0.6 is 7.14 Å². The highest BCUT2D eigenvalue weighted by atomic mass is 32.3. The fourth-order valence-electron chi connectivity index (χ4n) is 7.26. The molecule has 6 rings (SSSR count). The number of sulfonamides is 2. The lowest BCUT2D eigenvalue weighted by atomic mass is 9.47. The Morgan fingerprint density at radius 2 is 1.06 bits per heavy atom. The molecule has 16 heteroatoms. The molecule has 0 saturated heterocycles. The number of hydrogen-bond acceptors (Lipinski definition) is 4. The van der Waals surface area contributed by atoms with E-state index in [0.717, 1.165) is 4.13 Å². The van der Waals surface area contributed by atoms with Crippen LogP contribution in [-0.2, 0) is 20.0 Å². The first-order valence-electron chi connectivity index (χ1n) is 14.7. The molecular weight excluding hydrogens is 708 g/mol. The van der Waals surface area contributed by atoms with Gasteiger partial charge in [-0.05, 0) is 61.9 Å². The molecule has 3 N–H and O–H groups in total. The summed E-state index contributed by atoms with van der Waals surface area (Å²) in [4.78, 5) is 0. The van der Waals surface area contributed by atoms with E-state index in [9.17, 15) is 43.2 Å². The second-order valence-electron chi connectivity index (χ2n) is 11.8. The maximum absolute atomic E-state index is 11.4. The lowest BCUT2D eigenvalue weighted by Crippen LogP contribution is -2.91. The SMILES string of the molecule is Cc1cc(C)c([B@@-]2([NH3+])c3cccc4cccc(c34)[P+]2(c2ccccc2)c2ccccc2)c(C)c1.O=S(=O)([N-]S(=O)(=O)C(F)(F)F)C(F)(F)F. The Morgan fingerprint density at radius 1 is 0.633 bits per heavy atom. The van der Waals surface area contributed by atoms with Crippen LogP contribution in [0.4, 0.5) is 26.3 Å². The van der Waals surface area contributed by atoms with Gasteiger partial charge in [0.1, 0.15) is 0 Å². The molecule has 1 atom stereocenters. The zero-order valence-electron chi connectivity index (χ0n) is 26.3. The molecule has 5 aromatic carbocycles. The van der Waals surface area contributed by atoms with E-state index in [2.05, 4.69) is 130 Å². The summed E-state index contributed by atoms with van der Waals surface area (Å²) in [6, 6.07) is 39.6. The van der Waals surface area contributed by atoms with E-state index in [0.29, 0.717) is 0 Å². The molecule has 5 aromatic rings. The van der Waals surface area contributed by atoms with E-state index < -0.39 is 44.2 Å². The van der Waals surface area contributed by atoms with Gasteiger partial charge in [0.15, 0.2) is 20.0 Å². The third-order valence-corrected chi connectivity index (χ3v) is 16.8. The highest BCUT2D eigenvalue weighted by molar-refractivity contribution is 8.25. The van der Waals surface area contributed by atoms with Crippen LogP contribution in [0.1, 0.15) is 16.7 Å². The van der Waals surface area contributed by atoms with Gasteiger partial charge in [-0.3, -0.25) is 0 Å². The first-order chi connectivity index (χ1) is 22.7. The van der Waals surface area contributed by atoms with Gasteiger partial charge >= 0.3 is 17.0 Å². The van der Waals surface area contributed by atoms with Gasteiger partial charge in [-0.2, -0.15) is 26.3 Å². The molecule has 0 aliphatic carbocycles. The number of halogens is 6. The van der Waals surface area contributed by atoms with Crippen molar-refractivity contribution in [1.82, 2.24) is 0 Å². The lowest BCUT2D eigenvalue weighted by molar-refractivity contribution is -0.190. The molecule has 258 valence electrons. The number of quaternary nitrogens is 1. The largest absolute Gasteiger partial charge is 0.503 e. The van der Waals surface area contributed by atoms with Gasteiger partial charge in [0.25, 0.3) is 0 Å². The van der Waals surface area contributed by atoms with Crippen LogP contribution in [0.2, 0.25) is 0 Å². The number of hydrogen-bond donors (Lipinski definition) is 1. The van der Waals surface area contributed by atoms with Crippen molar-refractivity contribution in [2.45, 2.75) is 31.8 Å². The van der Waals surface area contributed by atoms with Crippen LogP contribution in [0.3, 0.4) is 0 Å². The smallest absolute Gasteiger partial charge is 0.480 e. The molecule has 0 radical (unpaired) electrons. The molecule has 0 saturated carbocycles. The molecule has 0 unspecified atom stereocenters. The number of aryl methyl sites for hydroxylation is 3. The van der Waals surface area contributed by atoms with E-state index >= 15 is 0 Å². The fraction of sp³-hybridized carbons (Fsp3) is 0.152. The summed E-state index contributed by atoms with van der Waals surface area (Å²) in [5.74, 6) is 0. The normalized spacial score (nSPS) is 17.4. The zero-order valence-corrected chi connectivity index (χ0v) is 28.8. The van der Waals surface area contributed by atoms with Crippen molar-refractivity contribution in [3.63, 3.8) is 0 Å². The number of nitrogens with zero attached hydrogens (tertiary/aromatic N) is 1. The summed E-state index contributed by atoms with van der Waals surface area (Å²) < 4.78 is 109. The third-order valence-electron chi connectivity index (χ3n) is 8.79. The van der Waals surface area contributed by atoms with Gasteiger partial charge in [-0.15, -0.1) is 0 Å². The second kappa shape index (κ2) is 12.5. The Hall–Kier alpha value is -3.75. The first-order valence-corrected chi connectivity index (χ1v) is 19.4. The van der Waals surface area contributed by atoms with Crippen LogP contribution in [0.5, 0.6) is 0 Å². The van der Waals surface area contributed by atoms with Gasteiger partial charge in [0, 0.05) is 7.14 Å². The minimum Gasteiger partial charge on any atom is -0.503 e.